The van der Waals surface area contributed by atoms with Crippen LogP contribution in [0.3, 0.4) is 0 Å². The molecule has 7 heteroatoms. The van der Waals surface area contributed by atoms with E-state index in [0.717, 1.165) is 46.7 Å². The second-order valence-corrected chi connectivity index (χ2v) is 8.60. The number of hydrogen-bond donors (Lipinski definition) is 2. The Kier molecular flexibility index (Phi) is 4.74. The first-order chi connectivity index (χ1) is 11.7. The highest BCUT2D eigenvalue weighted by Crippen LogP contribution is 2.46. The smallest absolute Gasteiger partial charge is 0.337 e. The molecule has 2 heterocycles. The van der Waals surface area contributed by atoms with Crippen molar-refractivity contribution in [2.75, 3.05) is 6.61 Å². The van der Waals surface area contributed by atoms with Gasteiger partial charge >= 0.3 is 5.97 Å². The number of carbonyl (C=O) groups is 1. The fraction of sp³-hybridized carbons (Fsp3) is 0.556. The third-order valence-corrected chi connectivity index (χ3v) is 6.33. The number of nitrogens with zero attached hydrogens (tertiary/aromatic N) is 2. The monoisotopic (exact) mass is 363 g/mol. The molecular weight excluding hydrogens is 338 g/mol. The predicted octanol–water partition coefficient (Wildman–Crippen LogP) is 3.33. The molecular formula is C18H25N3O3S. The van der Waals surface area contributed by atoms with Gasteiger partial charge in [0.15, 0.2) is 0 Å². The summed E-state index contributed by atoms with van der Waals surface area (Å²) in [5.41, 5.74) is 4.35. The quantitative estimate of drug-likeness (QED) is 0.795. The lowest BCUT2D eigenvalue weighted by molar-refractivity contribution is 0.0696. The Morgan fingerprint density at radius 3 is 2.80 bits per heavy atom. The minimum atomic E-state index is -0.845. The van der Waals surface area contributed by atoms with Crippen LogP contribution in [0.4, 0.5) is 0 Å². The molecule has 1 aliphatic carbocycles. The first-order valence-corrected chi connectivity index (χ1v) is 9.30. The molecule has 2 aromatic heterocycles. The summed E-state index contributed by atoms with van der Waals surface area (Å²) < 4.78 is 1.84. The molecule has 0 radical (unpaired) electrons. The van der Waals surface area contributed by atoms with Gasteiger partial charge in [0, 0.05) is 16.1 Å². The van der Waals surface area contributed by atoms with Crippen molar-refractivity contribution < 1.29 is 14.7 Å². The molecule has 0 spiro atoms. The molecule has 25 heavy (non-hydrogen) atoms. The Hall–Kier alpha value is -1.70. The normalized spacial score (nSPS) is 16.0. The fourth-order valence-corrected chi connectivity index (χ4v) is 5.16. The maximum Gasteiger partial charge on any atom is 0.337 e. The Balaban J connectivity index is 2.14. The highest BCUT2D eigenvalue weighted by molar-refractivity contribution is 7.16. The summed E-state index contributed by atoms with van der Waals surface area (Å²) in [6.07, 6.45) is 2.85. The molecule has 0 aromatic carbocycles. The number of aromatic carboxylic acids is 1. The molecule has 136 valence electrons. The van der Waals surface area contributed by atoms with Crippen molar-refractivity contribution in [3.05, 3.63) is 27.4 Å². The van der Waals surface area contributed by atoms with Crippen LogP contribution in [-0.4, -0.2) is 27.5 Å². The van der Waals surface area contributed by atoms with E-state index in [1.54, 1.807) is 11.3 Å². The highest BCUT2D eigenvalue weighted by Gasteiger charge is 2.34. The lowest BCUT2D eigenvalue weighted by atomic mass is 9.76. The van der Waals surface area contributed by atoms with Crippen LogP contribution in [-0.2, 0) is 24.2 Å². The van der Waals surface area contributed by atoms with E-state index in [0.29, 0.717) is 18.7 Å². The van der Waals surface area contributed by atoms with Crippen molar-refractivity contribution >= 4 is 17.3 Å². The molecule has 0 fully saturated rings. The zero-order valence-electron chi connectivity index (χ0n) is 15.2. The van der Waals surface area contributed by atoms with E-state index in [1.807, 2.05) is 18.5 Å². The molecule has 0 saturated carbocycles. The van der Waals surface area contributed by atoms with Crippen LogP contribution < -0.4 is 5.90 Å². The largest absolute Gasteiger partial charge is 0.478 e. The Morgan fingerprint density at radius 2 is 2.16 bits per heavy atom. The van der Waals surface area contributed by atoms with Crippen molar-refractivity contribution in [2.45, 2.75) is 53.5 Å². The molecule has 3 rings (SSSR count). The number of thiophene rings is 1. The Morgan fingerprint density at radius 1 is 1.44 bits per heavy atom. The number of carboxylic acids is 1. The maximum absolute atomic E-state index is 12.1. The van der Waals surface area contributed by atoms with E-state index in [1.165, 1.54) is 4.88 Å². The first-order valence-electron chi connectivity index (χ1n) is 8.49. The summed E-state index contributed by atoms with van der Waals surface area (Å²) in [4.78, 5) is 18.8. The third-order valence-electron chi connectivity index (χ3n) is 5.02. The van der Waals surface area contributed by atoms with Gasteiger partial charge in [-0.15, -0.1) is 11.3 Å². The minimum Gasteiger partial charge on any atom is -0.478 e. The molecule has 0 aliphatic heterocycles. The molecule has 0 saturated heterocycles. The van der Waals surface area contributed by atoms with Gasteiger partial charge in [0.05, 0.1) is 29.3 Å². The summed E-state index contributed by atoms with van der Waals surface area (Å²) in [7, 11) is 0. The summed E-state index contributed by atoms with van der Waals surface area (Å²) in [6, 6.07) is 0. The lowest BCUT2D eigenvalue weighted by Crippen LogP contribution is -2.22. The van der Waals surface area contributed by atoms with Crippen LogP contribution in [0.15, 0.2) is 0 Å². The van der Waals surface area contributed by atoms with Gasteiger partial charge in [-0.05, 0) is 44.1 Å². The Labute approximate surface area is 151 Å². The van der Waals surface area contributed by atoms with Crippen molar-refractivity contribution in [3.63, 3.8) is 0 Å². The van der Waals surface area contributed by atoms with Gasteiger partial charge in [-0.25, -0.2) is 10.7 Å². The van der Waals surface area contributed by atoms with Crippen molar-refractivity contribution in [1.29, 1.82) is 0 Å². The third kappa shape index (κ3) is 3.23. The first kappa shape index (κ1) is 18.1. The Bertz CT molecular complexity index is 820. The fourth-order valence-electron chi connectivity index (χ4n) is 3.70. The topological polar surface area (TPSA) is 90.4 Å². The van der Waals surface area contributed by atoms with Gasteiger partial charge in [-0.3, -0.25) is 4.68 Å². The number of aromatic nitrogens is 2. The van der Waals surface area contributed by atoms with E-state index in [4.69, 9.17) is 5.90 Å². The van der Waals surface area contributed by atoms with E-state index in [2.05, 4.69) is 23.8 Å². The summed E-state index contributed by atoms with van der Waals surface area (Å²) in [5.74, 6) is 4.28. The van der Waals surface area contributed by atoms with Gasteiger partial charge in [0.1, 0.15) is 0 Å². The van der Waals surface area contributed by atoms with E-state index in [9.17, 15) is 9.90 Å². The van der Waals surface area contributed by atoms with E-state index < -0.39 is 5.97 Å². The molecule has 0 bridgehead atoms. The van der Waals surface area contributed by atoms with Crippen LogP contribution in [0, 0.1) is 19.3 Å². The number of fused-ring (bicyclic) bond motifs is 1. The second kappa shape index (κ2) is 6.55. The molecule has 2 aromatic rings. The van der Waals surface area contributed by atoms with Crippen LogP contribution in [0.25, 0.3) is 10.4 Å². The molecule has 0 amide bonds. The summed E-state index contributed by atoms with van der Waals surface area (Å²) >= 11 is 1.62. The lowest BCUT2D eigenvalue weighted by Gasteiger charge is -2.29. The van der Waals surface area contributed by atoms with Gasteiger partial charge in [-0.2, -0.15) is 5.10 Å². The molecule has 3 N–H and O–H groups in total. The number of aryl methyl sites for hydroxylation is 2. The van der Waals surface area contributed by atoms with Gasteiger partial charge in [0.2, 0.25) is 0 Å². The number of hydrogen-bond acceptors (Lipinski definition) is 5. The average molecular weight is 363 g/mol. The van der Waals surface area contributed by atoms with E-state index in [-0.39, 0.29) is 5.41 Å². The second-order valence-electron chi connectivity index (χ2n) is 7.49. The minimum absolute atomic E-state index is 0.141. The zero-order valence-corrected chi connectivity index (χ0v) is 16.0. The number of nitrogens with two attached hydrogens (primary N) is 1. The summed E-state index contributed by atoms with van der Waals surface area (Å²) in [6.45, 7) is 9.23. The van der Waals surface area contributed by atoms with Gasteiger partial charge in [0.25, 0.3) is 0 Å². The molecule has 0 atom stereocenters. The van der Waals surface area contributed by atoms with Crippen molar-refractivity contribution in [1.82, 2.24) is 9.78 Å². The van der Waals surface area contributed by atoms with Gasteiger partial charge in [-0.1, -0.05) is 13.8 Å². The van der Waals surface area contributed by atoms with Crippen LogP contribution in [0.2, 0.25) is 0 Å². The van der Waals surface area contributed by atoms with Crippen molar-refractivity contribution in [2.24, 2.45) is 11.3 Å². The standard InChI is InChI=1S/C18H25N3O3S/c1-10-14(11(2)21(20-10)7-8-24-19)16-15(17(22)23)12-9-18(3,4)6-5-13(12)25-16/h5-9,19H2,1-4H3,(H,22,23). The zero-order chi connectivity index (χ0) is 18.4. The van der Waals surface area contributed by atoms with Gasteiger partial charge < -0.3 is 9.94 Å². The number of rotatable bonds is 5. The predicted molar refractivity (Wildman–Crippen MR) is 97.9 cm³/mol. The SMILES string of the molecule is Cc1nn(CCON)c(C)c1-c1sc2c(c1C(=O)O)CC(C)(C)CC2. The maximum atomic E-state index is 12.1. The highest BCUT2D eigenvalue weighted by atomic mass is 32.1. The molecule has 0 unspecified atom stereocenters. The molecule has 1 aliphatic rings. The number of carboxylic acid groups (broad SMARTS) is 1. The molecule has 6 nitrogen and oxygen atoms in total. The average Bonchev–Trinajstić information content (AvgIpc) is 3.00. The van der Waals surface area contributed by atoms with Crippen LogP contribution >= 0.6 is 11.3 Å². The van der Waals surface area contributed by atoms with Crippen LogP contribution in [0.5, 0.6) is 0 Å². The van der Waals surface area contributed by atoms with Crippen molar-refractivity contribution in [3.8, 4) is 10.4 Å². The van der Waals surface area contributed by atoms with E-state index >= 15 is 0 Å². The van der Waals surface area contributed by atoms with Crippen LogP contribution in [0.1, 0.15) is 52.5 Å². The summed E-state index contributed by atoms with van der Waals surface area (Å²) in [5, 5.41) is 14.5.